The molecule has 0 amide bonds. The zero-order valence-corrected chi connectivity index (χ0v) is 13.0. The number of nitrogens with zero attached hydrogens (tertiary/aromatic N) is 3. The van der Waals surface area contributed by atoms with Crippen molar-refractivity contribution in [2.45, 2.75) is 25.7 Å². The van der Waals surface area contributed by atoms with Crippen LogP contribution in [-0.4, -0.2) is 34.0 Å². The van der Waals surface area contributed by atoms with Gasteiger partial charge >= 0.3 is 5.97 Å². The lowest BCUT2D eigenvalue weighted by molar-refractivity contribution is -0.393. The van der Waals surface area contributed by atoms with Gasteiger partial charge in [0, 0.05) is 19.2 Å². The number of carboxylic acids is 1. The first-order valence-corrected chi connectivity index (χ1v) is 6.87. The number of anilines is 1. The quantitative estimate of drug-likeness (QED) is 0.656. The minimum absolute atomic E-state index is 0. The number of hydrogen-bond acceptors (Lipinski definition) is 6. The van der Waals surface area contributed by atoms with Crippen LogP contribution in [0.15, 0.2) is 12.1 Å². The van der Waals surface area contributed by atoms with E-state index in [0.29, 0.717) is 13.1 Å². The van der Waals surface area contributed by atoms with E-state index in [1.807, 2.05) is 0 Å². The van der Waals surface area contributed by atoms with Crippen molar-refractivity contribution in [1.82, 2.24) is 0 Å². The predicted molar refractivity (Wildman–Crippen MR) is 84.6 cm³/mol. The second kappa shape index (κ2) is 7.73. The molecule has 1 aromatic carbocycles. The number of carboxylic acid groups (broad SMARTS) is 1. The van der Waals surface area contributed by atoms with Crippen molar-refractivity contribution in [3.05, 3.63) is 37.9 Å². The molecule has 1 heterocycles. The Bertz CT molecular complexity index is 593. The largest absolute Gasteiger partial charge is 0.478 e. The van der Waals surface area contributed by atoms with E-state index in [-0.39, 0.29) is 18.1 Å². The SMILES string of the molecule is Cl.O=C(O)c1cc([N+](=O)[O-])cc([N+](=O)[O-])c1N1CCCCCC1. The molecule has 0 aromatic heterocycles. The van der Waals surface area contributed by atoms with Crippen molar-refractivity contribution in [2.24, 2.45) is 0 Å². The molecule has 0 radical (unpaired) electrons. The fourth-order valence-corrected chi connectivity index (χ4v) is 2.64. The summed E-state index contributed by atoms with van der Waals surface area (Å²) in [5.41, 5.74) is -1.57. The second-order valence-electron chi connectivity index (χ2n) is 5.08. The van der Waals surface area contributed by atoms with Crippen LogP contribution in [0, 0.1) is 20.2 Å². The zero-order chi connectivity index (χ0) is 16.3. The van der Waals surface area contributed by atoms with Crippen LogP contribution in [0.25, 0.3) is 0 Å². The van der Waals surface area contributed by atoms with Crippen LogP contribution >= 0.6 is 12.4 Å². The van der Waals surface area contributed by atoms with Crippen LogP contribution in [-0.2, 0) is 0 Å². The summed E-state index contributed by atoms with van der Waals surface area (Å²) in [4.78, 5) is 33.6. The normalized spacial score (nSPS) is 14.5. The fraction of sp³-hybridized carbons (Fsp3) is 0.462. The number of nitro groups is 2. The Balaban J connectivity index is 0.00000264. The van der Waals surface area contributed by atoms with Gasteiger partial charge in [0.1, 0.15) is 5.69 Å². The van der Waals surface area contributed by atoms with Gasteiger partial charge in [-0.15, -0.1) is 12.4 Å². The molecule has 1 aliphatic rings. The molecule has 1 aliphatic heterocycles. The maximum absolute atomic E-state index is 11.4. The molecule has 0 bridgehead atoms. The van der Waals surface area contributed by atoms with Crippen LogP contribution in [0.3, 0.4) is 0 Å². The first-order valence-electron chi connectivity index (χ1n) is 6.87. The Morgan fingerprint density at radius 1 is 1.04 bits per heavy atom. The monoisotopic (exact) mass is 345 g/mol. The molecular formula is C13H16ClN3O6. The third kappa shape index (κ3) is 4.07. The van der Waals surface area contributed by atoms with E-state index < -0.39 is 32.8 Å². The molecule has 0 unspecified atom stereocenters. The zero-order valence-electron chi connectivity index (χ0n) is 12.1. The van der Waals surface area contributed by atoms with E-state index in [0.717, 1.165) is 37.8 Å². The Morgan fingerprint density at radius 3 is 2.04 bits per heavy atom. The van der Waals surface area contributed by atoms with Gasteiger partial charge in [0.05, 0.1) is 21.5 Å². The van der Waals surface area contributed by atoms with Crippen LogP contribution in [0.5, 0.6) is 0 Å². The van der Waals surface area contributed by atoms with Gasteiger partial charge in [0.25, 0.3) is 11.4 Å². The summed E-state index contributed by atoms with van der Waals surface area (Å²) in [7, 11) is 0. The summed E-state index contributed by atoms with van der Waals surface area (Å²) in [5.74, 6) is -1.41. The van der Waals surface area contributed by atoms with Crippen molar-refractivity contribution in [3.8, 4) is 0 Å². The molecule has 126 valence electrons. The molecular weight excluding hydrogens is 330 g/mol. The van der Waals surface area contributed by atoms with Crippen LogP contribution < -0.4 is 4.90 Å². The van der Waals surface area contributed by atoms with E-state index in [9.17, 15) is 30.1 Å². The first-order chi connectivity index (χ1) is 10.4. The van der Waals surface area contributed by atoms with E-state index in [4.69, 9.17) is 0 Å². The number of nitro benzene ring substituents is 2. The molecule has 1 fully saturated rings. The van der Waals surface area contributed by atoms with Gasteiger partial charge in [-0.2, -0.15) is 0 Å². The van der Waals surface area contributed by atoms with Gasteiger partial charge in [0.2, 0.25) is 0 Å². The third-order valence-corrected chi connectivity index (χ3v) is 3.63. The Morgan fingerprint density at radius 2 is 1.61 bits per heavy atom. The summed E-state index contributed by atoms with van der Waals surface area (Å²) >= 11 is 0. The number of rotatable bonds is 4. The Labute approximate surface area is 137 Å². The summed E-state index contributed by atoms with van der Waals surface area (Å²) in [6, 6.07) is 1.71. The standard InChI is InChI=1S/C13H15N3O6.ClH/c17-13(18)10-7-9(15(19)20)8-11(16(21)22)12(10)14-5-3-1-2-4-6-14;/h7-8H,1-6H2,(H,17,18);1H. The van der Waals surface area contributed by atoms with E-state index in [2.05, 4.69) is 0 Å². The second-order valence-corrected chi connectivity index (χ2v) is 5.08. The Kier molecular flexibility index (Phi) is 6.26. The highest BCUT2D eigenvalue weighted by molar-refractivity contribution is 5.98. The molecule has 0 saturated carbocycles. The number of carbonyl (C=O) groups is 1. The number of non-ortho nitro benzene ring substituents is 1. The molecule has 10 heteroatoms. The maximum Gasteiger partial charge on any atom is 0.338 e. The minimum atomic E-state index is -1.41. The first kappa shape index (κ1) is 18.6. The van der Waals surface area contributed by atoms with Crippen molar-refractivity contribution in [3.63, 3.8) is 0 Å². The van der Waals surface area contributed by atoms with Crippen molar-refractivity contribution in [1.29, 1.82) is 0 Å². The van der Waals surface area contributed by atoms with Gasteiger partial charge in [0.15, 0.2) is 0 Å². The fourth-order valence-electron chi connectivity index (χ4n) is 2.64. The van der Waals surface area contributed by atoms with Gasteiger partial charge in [-0.05, 0) is 12.8 Å². The van der Waals surface area contributed by atoms with Crippen LogP contribution in [0.2, 0.25) is 0 Å². The molecule has 2 rings (SSSR count). The topological polar surface area (TPSA) is 127 Å². The smallest absolute Gasteiger partial charge is 0.338 e. The molecule has 1 N–H and O–H groups in total. The van der Waals surface area contributed by atoms with Gasteiger partial charge < -0.3 is 10.0 Å². The highest BCUT2D eigenvalue weighted by Gasteiger charge is 2.31. The maximum atomic E-state index is 11.4. The highest BCUT2D eigenvalue weighted by atomic mass is 35.5. The highest BCUT2D eigenvalue weighted by Crippen LogP contribution is 2.37. The van der Waals surface area contributed by atoms with Crippen LogP contribution in [0.4, 0.5) is 17.1 Å². The summed E-state index contributed by atoms with van der Waals surface area (Å²) in [6.07, 6.45) is 3.54. The lowest BCUT2D eigenvalue weighted by Crippen LogP contribution is -2.27. The van der Waals surface area contributed by atoms with Crippen LogP contribution in [0.1, 0.15) is 36.0 Å². The third-order valence-electron chi connectivity index (χ3n) is 3.63. The summed E-state index contributed by atoms with van der Waals surface area (Å²) in [5, 5.41) is 31.4. The molecule has 9 nitrogen and oxygen atoms in total. The molecule has 0 atom stereocenters. The van der Waals surface area contributed by atoms with Crippen molar-refractivity contribution in [2.75, 3.05) is 18.0 Å². The lowest BCUT2D eigenvalue weighted by atomic mass is 10.1. The van der Waals surface area contributed by atoms with Crippen molar-refractivity contribution >= 4 is 35.4 Å². The Hall–Kier alpha value is -2.42. The van der Waals surface area contributed by atoms with Crippen molar-refractivity contribution < 1.29 is 19.7 Å². The molecule has 1 aromatic rings. The lowest BCUT2D eigenvalue weighted by Gasteiger charge is -2.23. The van der Waals surface area contributed by atoms with Gasteiger partial charge in [-0.1, -0.05) is 12.8 Å². The number of benzene rings is 1. The number of hydrogen-bond donors (Lipinski definition) is 1. The van der Waals surface area contributed by atoms with E-state index in [1.54, 1.807) is 4.90 Å². The predicted octanol–water partition coefficient (Wildman–Crippen LogP) is 3.00. The molecule has 0 spiro atoms. The average molecular weight is 346 g/mol. The summed E-state index contributed by atoms with van der Waals surface area (Å²) in [6.45, 7) is 0.998. The van der Waals surface area contributed by atoms with Gasteiger partial charge in [-0.3, -0.25) is 20.2 Å². The number of halogens is 1. The molecule has 0 aliphatic carbocycles. The van der Waals surface area contributed by atoms with E-state index >= 15 is 0 Å². The van der Waals surface area contributed by atoms with E-state index in [1.165, 1.54) is 0 Å². The molecule has 1 saturated heterocycles. The average Bonchev–Trinajstić information content (AvgIpc) is 2.74. The minimum Gasteiger partial charge on any atom is -0.478 e. The van der Waals surface area contributed by atoms with Gasteiger partial charge in [-0.25, -0.2) is 4.79 Å². The number of aromatic carboxylic acids is 1. The molecule has 23 heavy (non-hydrogen) atoms. The summed E-state index contributed by atoms with van der Waals surface area (Å²) < 4.78 is 0.